The first-order valence-electron chi connectivity index (χ1n) is 13.2. The highest BCUT2D eigenvalue weighted by Gasteiger charge is 2.19. The minimum atomic E-state index is -2.49. The molecular formula is C25H50O4PS+. The maximum atomic E-state index is 10.6. The Morgan fingerprint density at radius 3 is 2.39 bits per heavy atom. The first-order valence-corrected chi connectivity index (χ1v) is 15.3. The van der Waals surface area contributed by atoms with Gasteiger partial charge in [-0.1, -0.05) is 96.8 Å². The van der Waals surface area contributed by atoms with Gasteiger partial charge >= 0.3 is 8.25 Å². The van der Waals surface area contributed by atoms with Crippen LogP contribution in [0.5, 0.6) is 0 Å². The molecule has 0 saturated heterocycles. The van der Waals surface area contributed by atoms with Crippen LogP contribution in [-0.2, 0) is 13.8 Å². The molecule has 0 aromatic carbocycles. The zero-order valence-electron chi connectivity index (χ0n) is 20.4. The van der Waals surface area contributed by atoms with Gasteiger partial charge in [0.05, 0.1) is 6.10 Å². The van der Waals surface area contributed by atoms with Crippen molar-refractivity contribution in [3.8, 4) is 0 Å². The summed E-state index contributed by atoms with van der Waals surface area (Å²) >= 11 is 2.11. The van der Waals surface area contributed by atoms with Crippen LogP contribution < -0.4 is 0 Å². The lowest BCUT2D eigenvalue weighted by Gasteiger charge is -2.24. The molecule has 31 heavy (non-hydrogen) atoms. The molecule has 1 saturated carbocycles. The molecule has 3 atom stereocenters. The van der Waals surface area contributed by atoms with Crippen LogP contribution in [0.2, 0.25) is 0 Å². The average Bonchev–Trinajstić information content (AvgIpc) is 2.77. The van der Waals surface area contributed by atoms with Crippen molar-refractivity contribution in [1.29, 1.82) is 0 Å². The van der Waals surface area contributed by atoms with Gasteiger partial charge in [0, 0.05) is 16.4 Å². The van der Waals surface area contributed by atoms with E-state index in [9.17, 15) is 4.57 Å². The summed E-state index contributed by atoms with van der Waals surface area (Å²) in [5, 5.41) is 0.555. The van der Waals surface area contributed by atoms with Gasteiger partial charge in [-0.25, -0.2) is 0 Å². The van der Waals surface area contributed by atoms with Gasteiger partial charge in [-0.15, -0.1) is 9.42 Å². The van der Waals surface area contributed by atoms with Gasteiger partial charge in [-0.2, -0.15) is 11.8 Å². The third kappa shape index (κ3) is 17.5. The SMILES string of the molecule is CCCCCCCC(SCCCCCCC1CCCCC1)C(C)OCCCO[P+](=O)O. The second kappa shape index (κ2) is 20.9. The first-order chi connectivity index (χ1) is 15.1. The lowest BCUT2D eigenvalue weighted by molar-refractivity contribution is 0.0543. The van der Waals surface area contributed by atoms with Gasteiger partial charge in [0.2, 0.25) is 0 Å². The van der Waals surface area contributed by atoms with E-state index >= 15 is 0 Å². The molecule has 0 heterocycles. The highest BCUT2D eigenvalue weighted by atomic mass is 32.2. The smallest absolute Gasteiger partial charge is 0.377 e. The lowest BCUT2D eigenvalue weighted by Crippen LogP contribution is -2.24. The van der Waals surface area contributed by atoms with Crippen molar-refractivity contribution < 1.29 is 18.7 Å². The van der Waals surface area contributed by atoms with E-state index in [0.717, 1.165) is 5.92 Å². The van der Waals surface area contributed by atoms with Crippen LogP contribution in [0.4, 0.5) is 0 Å². The fourth-order valence-electron chi connectivity index (χ4n) is 4.58. The molecule has 184 valence electrons. The summed E-state index contributed by atoms with van der Waals surface area (Å²) in [5.41, 5.74) is 0. The molecule has 0 bridgehead atoms. The molecule has 4 nitrogen and oxygen atoms in total. The fraction of sp³-hybridized carbons (Fsp3) is 1.00. The van der Waals surface area contributed by atoms with Crippen molar-refractivity contribution in [2.24, 2.45) is 5.92 Å². The summed E-state index contributed by atoms with van der Waals surface area (Å²) in [4.78, 5) is 8.69. The zero-order valence-corrected chi connectivity index (χ0v) is 22.1. The molecule has 0 aliphatic heterocycles. The van der Waals surface area contributed by atoms with Crippen molar-refractivity contribution >= 4 is 20.0 Å². The van der Waals surface area contributed by atoms with E-state index < -0.39 is 8.25 Å². The number of rotatable bonds is 21. The number of thioether (sulfide) groups is 1. The highest BCUT2D eigenvalue weighted by Crippen LogP contribution is 2.29. The second-order valence-electron chi connectivity index (χ2n) is 9.32. The molecule has 0 spiro atoms. The van der Waals surface area contributed by atoms with E-state index in [4.69, 9.17) is 14.2 Å². The topological polar surface area (TPSA) is 55.8 Å². The predicted octanol–water partition coefficient (Wildman–Crippen LogP) is 8.44. The monoisotopic (exact) mass is 477 g/mol. The molecule has 0 radical (unpaired) electrons. The van der Waals surface area contributed by atoms with Crippen LogP contribution in [0.3, 0.4) is 0 Å². The summed E-state index contributed by atoms with van der Waals surface area (Å²) in [5.74, 6) is 2.27. The number of hydrogen-bond donors (Lipinski definition) is 1. The molecule has 0 aromatic heterocycles. The maximum Gasteiger partial charge on any atom is 0.694 e. The van der Waals surface area contributed by atoms with Gasteiger partial charge in [0.15, 0.2) is 0 Å². The van der Waals surface area contributed by atoms with Gasteiger partial charge in [0.1, 0.15) is 6.61 Å². The number of ether oxygens (including phenoxy) is 1. The molecule has 0 amide bonds. The van der Waals surface area contributed by atoms with Gasteiger partial charge in [-0.3, -0.25) is 0 Å². The summed E-state index contributed by atoms with van der Waals surface area (Å²) in [6.07, 6.45) is 23.1. The first kappa shape index (κ1) is 29.4. The van der Waals surface area contributed by atoms with Crippen molar-refractivity contribution in [3.05, 3.63) is 0 Å². The normalized spacial score (nSPS) is 17.6. The third-order valence-electron chi connectivity index (χ3n) is 6.55. The Kier molecular flexibility index (Phi) is 19.8. The summed E-state index contributed by atoms with van der Waals surface area (Å²) in [6, 6.07) is 0. The minimum Gasteiger partial charge on any atom is -0.377 e. The Balaban J connectivity index is 2.16. The van der Waals surface area contributed by atoms with Crippen LogP contribution in [0.1, 0.15) is 123 Å². The zero-order chi connectivity index (χ0) is 22.6. The molecule has 1 aliphatic carbocycles. The molecule has 3 unspecified atom stereocenters. The number of unbranched alkanes of at least 4 members (excludes halogenated alkanes) is 7. The Hall–Kier alpha value is 0.330. The Labute approximate surface area is 198 Å². The Bertz CT molecular complexity index is 418. The molecular weight excluding hydrogens is 427 g/mol. The van der Waals surface area contributed by atoms with Gasteiger partial charge in [-0.05, 0) is 37.9 Å². The van der Waals surface area contributed by atoms with Gasteiger partial charge < -0.3 is 4.74 Å². The largest absolute Gasteiger partial charge is 0.694 e. The maximum absolute atomic E-state index is 10.6. The van der Waals surface area contributed by atoms with E-state index in [0.29, 0.717) is 18.3 Å². The van der Waals surface area contributed by atoms with Crippen molar-refractivity contribution in [2.45, 2.75) is 134 Å². The van der Waals surface area contributed by atoms with Crippen LogP contribution >= 0.6 is 20.0 Å². The fourth-order valence-corrected chi connectivity index (χ4v) is 6.22. The second-order valence-corrected chi connectivity index (χ2v) is 11.4. The quantitative estimate of drug-likeness (QED) is 0.133. The van der Waals surface area contributed by atoms with E-state index in [1.54, 1.807) is 0 Å². The average molecular weight is 478 g/mol. The molecule has 6 heteroatoms. The van der Waals surface area contributed by atoms with E-state index in [2.05, 4.69) is 25.6 Å². The van der Waals surface area contributed by atoms with Crippen LogP contribution in [0.25, 0.3) is 0 Å². The van der Waals surface area contributed by atoms with E-state index in [1.165, 1.54) is 108 Å². The standard InChI is InChI=1S/C25H49O4PS/c1-3-4-5-6-13-19-25(23(2)28-20-15-21-29-30(26)27)31-22-14-8-7-10-16-24-17-11-9-12-18-24/h23-25H,3-22H2,1-2H3/p+1. The highest BCUT2D eigenvalue weighted by molar-refractivity contribution is 7.99. The van der Waals surface area contributed by atoms with Crippen LogP contribution in [0.15, 0.2) is 0 Å². The van der Waals surface area contributed by atoms with Crippen molar-refractivity contribution in [2.75, 3.05) is 19.0 Å². The minimum absolute atomic E-state index is 0.227. The summed E-state index contributed by atoms with van der Waals surface area (Å²) in [6.45, 7) is 5.34. The van der Waals surface area contributed by atoms with E-state index in [-0.39, 0.29) is 12.7 Å². The van der Waals surface area contributed by atoms with Crippen molar-refractivity contribution in [1.82, 2.24) is 0 Å². The Morgan fingerprint density at radius 1 is 0.935 bits per heavy atom. The molecule has 0 aromatic rings. The molecule has 1 rings (SSSR count). The summed E-state index contributed by atoms with van der Waals surface area (Å²) < 4.78 is 21.3. The van der Waals surface area contributed by atoms with Crippen molar-refractivity contribution in [3.63, 3.8) is 0 Å². The molecule has 1 N–H and O–H groups in total. The molecule has 1 aliphatic rings. The van der Waals surface area contributed by atoms with Crippen LogP contribution in [-0.4, -0.2) is 35.2 Å². The third-order valence-corrected chi connectivity index (χ3v) is 8.53. The lowest BCUT2D eigenvalue weighted by atomic mass is 9.85. The molecule has 1 fully saturated rings. The van der Waals surface area contributed by atoms with E-state index in [1.807, 2.05) is 0 Å². The number of hydrogen-bond acceptors (Lipinski definition) is 4. The summed E-state index contributed by atoms with van der Waals surface area (Å²) in [7, 11) is -2.49. The Morgan fingerprint density at radius 2 is 1.65 bits per heavy atom. The van der Waals surface area contributed by atoms with Crippen LogP contribution in [0, 0.1) is 5.92 Å². The predicted molar refractivity (Wildman–Crippen MR) is 135 cm³/mol. The van der Waals surface area contributed by atoms with Gasteiger partial charge in [0.25, 0.3) is 0 Å².